The molecule has 0 aliphatic rings. The molecular weight excluding hydrogens is 223 g/mol. The Balaban J connectivity index is 2.33. The largest absolute Gasteiger partial charge is 0.478 e. The summed E-state index contributed by atoms with van der Waals surface area (Å²) in [6.45, 7) is 2.06. The summed E-state index contributed by atoms with van der Waals surface area (Å²) in [5.41, 5.74) is 0.833. The fraction of sp³-hybridized carbons (Fsp3) is 0.167. The molecule has 0 saturated heterocycles. The van der Waals surface area contributed by atoms with Crippen LogP contribution in [0.3, 0.4) is 0 Å². The number of carbonyl (C=O) groups is 1. The molecule has 4 nitrogen and oxygen atoms in total. The van der Waals surface area contributed by atoms with Crippen molar-refractivity contribution in [3.63, 3.8) is 0 Å². The predicted octanol–water partition coefficient (Wildman–Crippen LogP) is 2.08. The van der Waals surface area contributed by atoms with Crippen molar-refractivity contribution in [3.05, 3.63) is 53.1 Å². The van der Waals surface area contributed by atoms with Crippen LogP contribution < -0.4 is 0 Å². The van der Waals surface area contributed by atoms with E-state index in [9.17, 15) is 9.18 Å². The second kappa shape index (κ2) is 4.37. The molecule has 0 aliphatic heterocycles. The van der Waals surface area contributed by atoms with Gasteiger partial charge in [-0.05, 0) is 19.1 Å². The van der Waals surface area contributed by atoms with E-state index in [1.807, 2.05) is 6.92 Å². The van der Waals surface area contributed by atoms with Crippen LogP contribution in [0.2, 0.25) is 0 Å². The van der Waals surface area contributed by atoms with Gasteiger partial charge in [-0.3, -0.25) is 4.68 Å². The number of rotatable bonds is 3. The fourth-order valence-electron chi connectivity index (χ4n) is 1.59. The van der Waals surface area contributed by atoms with Crippen LogP contribution in [0.25, 0.3) is 0 Å². The van der Waals surface area contributed by atoms with Gasteiger partial charge < -0.3 is 5.11 Å². The highest BCUT2D eigenvalue weighted by molar-refractivity contribution is 5.88. The van der Waals surface area contributed by atoms with Gasteiger partial charge in [-0.1, -0.05) is 12.1 Å². The van der Waals surface area contributed by atoms with E-state index in [2.05, 4.69) is 5.10 Å². The lowest BCUT2D eigenvalue weighted by Gasteiger charge is -2.05. The molecule has 0 aliphatic carbocycles. The van der Waals surface area contributed by atoms with Crippen LogP contribution in [0.4, 0.5) is 4.39 Å². The van der Waals surface area contributed by atoms with Gasteiger partial charge in [-0.2, -0.15) is 5.10 Å². The molecule has 88 valence electrons. The first-order chi connectivity index (χ1) is 8.08. The second-order valence-electron chi connectivity index (χ2n) is 3.74. The van der Waals surface area contributed by atoms with E-state index in [4.69, 9.17) is 5.11 Å². The molecule has 5 heteroatoms. The van der Waals surface area contributed by atoms with E-state index in [1.54, 1.807) is 23.0 Å². The molecular formula is C12H11FN2O2. The van der Waals surface area contributed by atoms with E-state index in [0.29, 0.717) is 5.56 Å². The molecule has 1 N–H and O–H groups in total. The predicted molar refractivity (Wildman–Crippen MR) is 59.4 cm³/mol. The zero-order valence-corrected chi connectivity index (χ0v) is 9.22. The SMILES string of the molecule is Cc1ccn(Cc2cccc(C(=O)O)c2F)n1. The monoisotopic (exact) mass is 234 g/mol. The maximum atomic E-state index is 13.8. The Morgan fingerprint density at radius 2 is 2.24 bits per heavy atom. The van der Waals surface area contributed by atoms with E-state index in [0.717, 1.165) is 5.69 Å². The fourth-order valence-corrected chi connectivity index (χ4v) is 1.59. The highest BCUT2D eigenvalue weighted by Crippen LogP contribution is 2.14. The Morgan fingerprint density at radius 1 is 1.47 bits per heavy atom. The Kier molecular flexibility index (Phi) is 2.91. The van der Waals surface area contributed by atoms with Crippen molar-refractivity contribution in [3.8, 4) is 0 Å². The van der Waals surface area contributed by atoms with Crippen LogP contribution in [0.5, 0.6) is 0 Å². The van der Waals surface area contributed by atoms with Gasteiger partial charge in [0.15, 0.2) is 0 Å². The van der Waals surface area contributed by atoms with E-state index < -0.39 is 11.8 Å². The minimum absolute atomic E-state index is 0.223. The van der Waals surface area contributed by atoms with Crippen LogP contribution in [-0.2, 0) is 6.54 Å². The summed E-state index contributed by atoms with van der Waals surface area (Å²) in [6, 6.07) is 6.13. The summed E-state index contributed by atoms with van der Waals surface area (Å²) in [5, 5.41) is 12.9. The van der Waals surface area contributed by atoms with Crippen LogP contribution in [0.1, 0.15) is 21.6 Å². The number of halogens is 1. The zero-order valence-electron chi connectivity index (χ0n) is 9.22. The summed E-state index contributed by atoms with van der Waals surface area (Å²) < 4.78 is 15.4. The van der Waals surface area contributed by atoms with Crippen molar-refractivity contribution in [2.75, 3.05) is 0 Å². The highest BCUT2D eigenvalue weighted by Gasteiger charge is 2.13. The average Bonchev–Trinajstić information content (AvgIpc) is 2.67. The van der Waals surface area contributed by atoms with Gasteiger partial charge in [0.05, 0.1) is 17.8 Å². The molecule has 0 unspecified atom stereocenters. The highest BCUT2D eigenvalue weighted by atomic mass is 19.1. The lowest BCUT2D eigenvalue weighted by atomic mass is 10.1. The number of hydrogen-bond donors (Lipinski definition) is 1. The van der Waals surface area contributed by atoms with Crippen molar-refractivity contribution in [2.45, 2.75) is 13.5 Å². The van der Waals surface area contributed by atoms with Crippen molar-refractivity contribution < 1.29 is 14.3 Å². The number of carboxylic acids is 1. The standard InChI is InChI=1S/C12H11FN2O2/c1-8-5-6-15(14-8)7-9-3-2-4-10(11(9)13)12(16)17/h2-6H,7H2,1H3,(H,16,17). The van der Waals surface area contributed by atoms with Crippen molar-refractivity contribution in [1.29, 1.82) is 0 Å². The molecule has 2 aromatic rings. The van der Waals surface area contributed by atoms with Crippen molar-refractivity contribution in [1.82, 2.24) is 9.78 Å². The topological polar surface area (TPSA) is 55.1 Å². The number of hydrogen-bond acceptors (Lipinski definition) is 2. The number of aromatic carboxylic acids is 1. The Labute approximate surface area is 97.3 Å². The average molecular weight is 234 g/mol. The maximum absolute atomic E-state index is 13.8. The summed E-state index contributed by atoms with van der Waals surface area (Å²) in [7, 11) is 0. The molecule has 1 heterocycles. The molecule has 0 bridgehead atoms. The van der Waals surface area contributed by atoms with Crippen molar-refractivity contribution >= 4 is 5.97 Å². The first-order valence-electron chi connectivity index (χ1n) is 5.08. The van der Waals surface area contributed by atoms with Gasteiger partial charge in [0.25, 0.3) is 0 Å². The first kappa shape index (κ1) is 11.3. The molecule has 0 spiro atoms. The minimum atomic E-state index is -1.26. The van der Waals surface area contributed by atoms with Crippen LogP contribution in [-0.4, -0.2) is 20.9 Å². The zero-order chi connectivity index (χ0) is 12.4. The molecule has 0 saturated carbocycles. The molecule has 1 aromatic carbocycles. The maximum Gasteiger partial charge on any atom is 0.338 e. The Bertz CT molecular complexity index is 563. The normalized spacial score (nSPS) is 10.5. The molecule has 0 radical (unpaired) electrons. The molecule has 1 aromatic heterocycles. The van der Waals surface area contributed by atoms with Crippen LogP contribution >= 0.6 is 0 Å². The Morgan fingerprint density at radius 3 is 2.82 bits per heavy atom. The third-order valence-corrected chi connectivity index (χ3v) is 2.42. The van der Waals surface area contributed by atoms with Crippen LogP contribution in [0, 0.1) is 12.7 Å². The molecule has 0 fully saturated rings. The Hall–Kier alpha value is -2.17. The smallest absolute Gasteiger partial charge is 0.338 e. The number of aryl methyl sites for hydroxylation is 1. The number of carboxylic acid groups (broad SMARTS) is 1. The molecule has 17 heavy (non-hydrogen) atoms. The molecule has 0 atom stereocenters. The van der Waals surface area contributed by atoms with Crippen molar-refractivity contribution in [2.24, 2.45) is 0 Å². The van der Waals surface area contributed by atoms with Crippen LogP contribution in [0.15, 0.2) is 30.5 Å². The lowest BCUT2D eigenvalue weighted by Crippen LogP contribution is -2.07. The van der Waals surface area contributed by atoms with Gasteiger partial charge >= 0.3 is 5.97 Å². The third kappa shape index (κ3) is 2.33. The van der Waals surface area contributed by atoms with Gasteiger partial charge in [-0.15, -0.1) is 0 Å². The van der Waals surface area contributed by atoms with Gasteiger partial charge in [0.2, 0.25) is 0 Å². The molecule has 2 rings (SSSR count). The summed E-state index contributed by atoms with van der Waals surface area (Å²) in [4.78, 5) is 10.8. The summed E-state index contributed by atoms with van der Waals surface area (Å²) >= 11 is 0. The summed E-state index contributed by atoms with van der Waals surface area (Å²) in [6.07, 6.45) is 1.72. The third-order valence-electron chi connectivity index (χ3n) is 2.42. The van der Waals surface area contributed by atoms with Gasteiger partial charge in [0, 0.05) is 11.8 Å². The van der Waals surface area contributed by atoms with Gasteiger partial charge in [-0.25, -0.2) is 9.18 Å². The quantitative estimate of drug-likeness (QED) is 0.884. The van der Waals surface area contributed by atoms with Gasteiger partial charge in [0.1, 0.15) is 5.82 Å². The molecule has 0 amide bonds. The van der Waals surface area contributed by atoms with E-state index in [1.165, 1.54) is 12.1 Å². The second-order valence-corrected chi connectivity index (χ2v) is 3.74. The lowest BCUT2D eigenvalue weighted by molar-refractivity contribution is 0.0691. The number of benzene rings is 1. The van der Waals surface area contributed by atoms with E-state index in [-0.39, 0.29) is 12.1 Å². The summed E-state index contributed by atoms with van der Waals surface area (Å²) in [5.74, 6) is -1.96. The first-order valence-corrected chi connectivity index (χ1v) is 5.08. The van der Waals surface area contributed by atoms with E-state index >= 15 is 0 Å². The number of aromatic nitrogens is 2. The minimum Gasteiger partial charge on any atom is -0.478 e. The number of nitrogens with zero attached hydrogens (tertiary/aromatic N) is 2.